The van der Waals surface area contributed by atoms with Crippen LogP contribution in [0.4, 0.5) is 5.13 Å². The van der Waals surface area contributed by atoms with Gasteiger partial charge in [0.2, 0.25) is 0 Å². The van der Waals surface area contributed by atoms with Crippen LogP contribution in [0.1, 0.15) is 6.92 Å². The fourth-order valence-corrected chi connectivity index (χ4v) is 2.52. The van der Waals surface area contributed by atoms with E-state index in [2.05, 4.69) is 20.9 Å². The molecule has 0 fully saturated rings. The first-order chi connectivity index (χ1) is 7.69. The number of anilines is 1. The minimum absolute atomic E-state index is 0.577. The lowest BCUT2D eigenvalue weighted by molar-refractivity contribution is 0.340. The fourth-order valence-electron chi connectivity index (χ4n) is 1.38. The lowest BCUT2D eigenvalue weighted by Crippen LogP contribution is -1.91. The Hall–Kier alpha value is -1.07. The summed E-state index contributed by atoms with van der Waals surface area (Å²) in [6.45, 7) is 2.62. The van der Waals surface area contributed by atoms with Gasteiger partial charge in [0.15, 0.2) is 5.13 Å². The molecule has 0 unspecified atom stereocenters. The molecule has 16 heavy (non-hydrogen) atoms. The highest BCUT2D eigenvalue weighted by atomic mass is 79.9. The molecule has 0 aliphatic carbocycles. The van der Waals surface area contributed by atoms with Crippen molar-refractivity contribution < 1.29 is 4.74 Å². The van der Waals surface area contributed by atoms with Crippen LogP contribution in [0.5, 0.6) is 5.75 Å². The van der Waals surface area contributed by atoms with Gasteiger partial charge in [-0.1, -0.05) is 27.3 Å². The lowest BCUT2D eigenvalue weighted by atomic mass is 10.2. The SMILES string of the molecule is CCOc1cc(Br)cc(-c2cnc(N)s2)c1. The lowest BCUT2D eigenvalue weighted by Gasteiger charge is -2.05. The van der Waals surface area contributed by atoms with E-state index in [1.807, 2.05) is 25.1 Å². The highest BCUT2D eigenvalue weighted by Gasteiger charge is 2.05. The number of nitrogen functional groups attached to an aromatic ring is 1. The van der Waals surface area contributed by atoms with Gasteiger partial charge in [0.1, 0.15) is 5.75 Å². The molecule has 0 bridgehead atoms. The molecule has 2 aromatic rings. The summed E-state index contributed by atoms with van der Waals surface area (Å²) in [5.41, 5.74) is 6.68. The molecular formula is C11H11BrN2OS. The van der Waals surface area contributed by atoms with Crippen molar-refractivity contribution in [1.29, 1.82) is 0 Å². The zero-order valence-corrected chi connectivity index (χ0v) is 11.1. The number of nitrogens with zero attached hydrogens (tertiary/aromatic N) is 1. The van der Waals surface area contributed by atoms with Gasteiger partial charge in [-0.2, -0.15) is 0 Å². The van der Waals surface area contributed by atoms with Crippen molar-refractivity contribution in [3.63, 3.8) is 0 Å². The van der Waals surface area contributed by atoms with E-state index in [0.29, 0.717) is 11.7 Å². The molecule has 0 saturated heterocycles. The number of hydrogen-bond donors (Lipinski definition) is 1. The zero-order valence-electron chi connectivity index (χ0n) is 8.74. The Balaban J connectivity index is 2.40. The molecule has 1 aromatic carbocycles. The van der Waals surface area contributed by atoms with Crippen LogP contribution in [0, 0.1) is 0 Å². The van der Waals surface area contributed by atoms with E-state index in [1.165, 1.54) is 11.3 Å². The second-order valence-electron chi connectivity index (χ2n) is 3.17. The van der Waals surface area contributed by atoms with Crippen LogP contribution in [0.15, 0.2) is 28.9 Å². The first-order valence-corrected chi connectivity index (χ1v) is 6.45. The van der Waals surface area contributed by atoms with Gasteiger partial charge >= 0.3 is 0 Å². The Morgan fingerprint density at radius 1 is 1.44 bits per heavy atom. The molecule has 0 aliphatic heterocycles. The highest BCUT2D eigenvalue weighted by molar-refractivity contribution is 9.10. The number of benzene rings is 1. The maximum absolute atomic E-state index is 5.62. The Morgan fingerprint density at radius 2 is 2.25 bits per heavy atom. The number of aromatic nitrogens is 1. The van der Waals surface area contributed by atoms with Gasteiger partial charge in [0, 0.05) is 10.7 Å². The molecule has 2 rings (SSSR count). The van der Waals surface area contributed by atoms with Crippen LogP contribution in [0.25, 0.3) is 10.4 Å². The third kappa shape index (κ3) is 2.54. The van der Waals surface area contributed by atoms with Gasteiger partial charge in [-0.15, -0.1) is 0 Å². The van der Waals surface area contributed by atoms with Crippen molar-refractivity contribution in [3.05, 3.63) is 28.9 Å². The Morgan fingerprint density at radius 3 is 2.88 bits per heavy atom. The number of halogens is 1. The average Bonchev–Trinajstić information content (AvgIpc) is 2.64. The Bertz CT molecular complexity index is 498. The van der Waals surface area contributed by atoms with E-state index < -0.39 is 0 Å². The molecule has 2 N–H and O–H groups in total. The monoisotopic (exact) mass is 298 g/mol. The van der Waals surface area contributed by atoms with Gasteiger partial charge in [-0.25, -0.2) is 4.98 Å². The molecule has 1 aromatic heterocycles. The third-order valence-corrected chi connectivity index (χ3v) is 3.32. The summed E-state index contributed by atoms with van der Waals surface area (Å²) in [6.07, 6.45) is 1.78. The quantitative estimate of drug-likeness (QED) is 0.942. The molecule has 0 saturated carbocycles. The molecule has 0 amide bonds. The molecule has 1 heterocycles. The summed E-state index contributed by atoms with van der Waals surface area (Å²) in [5.74, 6) is 0.846. The number of hydrogen-bond acceptors (Lipinski definition) is 4. The van der Waals surface area contributed by atoms with E-state index in [-0.39, 0.29) is 0 Å². The minimum Gasteiger partial charge on any atom is -0.494 e. The molecule has 5 heteroatoms. The number of ether oxygens (including phenoxy) is 1. The Labute approximate surface area is 106 Å². The zero-order chi connectivity index (χ0) is 11.5. The number of thiazole rings is 1. The van der Waals surface area contributed by atoms with Crippen molar-refractivity contribution >= 4 is 32.4 Å². The van der Waals surface area contributed by atoms with Crippen LogP contribution in [-0.4, -0.2) is 11.6 Å². The maximum atomic E-state index is 5.62. The molecule has 0 spiro atoms. The Kier molecular flexibility index (Phi) is 3.46. The van der Waals surface area contributed by atoms with Crippen LogP contribution in [0.3, 0.4) is 0 Å². The molecule has 84 valence electrons. The summed E-state index contributed by atoms with van der Waals surface area (Å²) >= 11 is 4.93. The average molecular weight is 299 g/mol. The van der Waals surface area contributed by atoms with Gasteiger partial charge < -0.3 is 10.5 Å². The highest BCUT2D eigenvalue weighted by Crippen LogP contribution is 2.32. The normalized spacial score (nSPS) is 10.4. The van der Waals surface area contributed by atoms with Crippen molar-refractivity contribution in [2.75, 3.05) is 12.3 Å². The standard InChI is InChI=1S/C11H11BrN2OS/c1-2-15-9-4-7(3-8(12)5-9)10-6-14-11(13)16-10/h3-6H,2H2,1H3,(H2,13,14). The topological polar surface area (TPSA) is 48.1 Å². The summed E-state index contributed by atoms with van der Waals surface area (Å²) in [5, 5.41) is 0.577. The predicted molar refractivity (Wildman–Crippen MR) is 70.8 cm³/mol. The van der Waals surface area contributed by atoms with E-state index in [9.17, 15) is 0 Å². The van der Waals surface area contributed by atoms with Gasteiger partial charge in [0.05, 0.1) is 11.5 Å². The molecule has 0 aliphatic rings. The first kappa shape index (κ1) is 11.4. The molecule has 0 atom stereocenters. The number of rotatable bonds is 3. The van der Waals surface area contributed by atoms with Crippen LogP contribution in [0.2, 0.25) is 0 Å². The largest absolute Gasteiger partial charge is 0.494 e. The first-order valence-electron chi connectivity index (χ1n) is 4.84. The fraction of sp³-hybridized carbons (Fsp3) is 0.182. The smallest absolute Gasteiger partial charge is 0.180 e. The summed E-state index contributed by atoms with van der Waals surface area (Å²) in [7, 11) is 0. The third-order valence-electron chi connectivity index (χ3n) is 1.99. The number of nitrogens with two attached hydrogens (primary N) is 1. The van der Waals surface area contributed by atoms with E-state index in [0.717, 1.165) is 20.7 Å². The van der Waals surface area contributed by atoms with Crippen molar-refractivity contribution in [2.45, 2.75) is 6.92 Å². The molecular weight excluding hydrogens is 288 g/mol. The van der Waals surface area contributed by atoms with Crippen molar-refractivity contribution in [3.8, 4) is 16.2 Å². The maximum Gasteiger partial charge on any atom is 0.180 e. The van der Waals surface area contributed by atoms with Crippen LogP contribution < -0.4 is 10.5 Å². The van der Waals surface area contributed by atoms with E-state index in [1.54, 1.807) is 6.20 Å². The van der Waals surface area contributed by atoms with Gasteiger partial charge in [-0.05, 0) is 30.7 Å². The van der Waals surface area contributed by atoms with Crippen molar-refractivity contribution in [1.82, 2.24) is 4.98 Å². The van der Waals surface area contributed by atoms with Crippen LogP contribution in [-0.2, 0) is 0 Å². The summed E-state index contributed by atoms with van der Waals surface area (Å²) < 4.78 is 6.47. The van der Waals surface area contributed by atoms with Crippen molar-refractivity contribution in [2.24, 2.45) is 0 Å². The second kappa shape index (κ2) is 4.84. The molecule has 0 radical (unpaired) electrons. The van der Waals surface area contributed by atoms with Gasteiger partial charge in [0.25, 0.3) is 0 Å². The van der Waals surface area contributed by atoms with E-state index in [4.69, 9.17) is 10.5 Å². The summed E-state index contributed by atoms with van der Waals surface area (Å²) in [6, 6.07) is 5.95. The van der Waals surface area contributed by atoms with Crippen LogP contribution >= 0.6 is 27.3 Å². The predicted octanol–water partition coefficient (Wildman–Crippen LogP) is 3.55. The minimum atomic E-state index is 0.577. The second-order valence-corrected chi connectivity index (χ2v) is 5.15. The van der Waals surface area contributed by atoms with E-state index >= 15 is 0 Å². The summed E-state index contributed by atoms with van der Waals surface area (Å²) in [4.78, 5) is 5.08. The van der Waals surface area contributed by atoms with Gasteiger partial charge in [-0.3, -0.25) is 0 Å². The molecule has 3 nitrogen and oxygen atoms in total.